The minimum atomic E-state index is -0.0313. The van der Waals surface area contributed by atoms with E-state index in [2.05, 4.69) is 0 Å². The first-order chi connectivity index (χ1) is 4.43. The molecular formula is C6H11ClO2. The predicted molar refractivity (Wildman–Crippen MR) is 35.6 cm³/mol. The zero-order valence-corrected chi connectivity index (χ0v) is 6.06. The summed E-state index contributed by atoms with van der Waals surface area (Å²) in [5.74, 6) is 0.616. The van der Waals surface area contributed by atoms with Crippen molar-refractivity contribution in [3.05, 3.63) is 0 Å². The third-order valence-electron chi connectivity index (χ3n) is 1.24. The van der Waals surface area contributed by atoms with Gasteiger partial charge in [0.05, 0.1) is 13.2 Å². The summed E-state index contributed by atoms with van der Waals surface area (Å²) in [5.41, 5.74) is 0. The maximum atomic E-state index is 5.47. The molecule has 0 atom stereocenters. The SMILES string of the molecule is ClCCC1OCCCO1. The van der Waals surface area contributed by atoms with E-state index in [1.54, 1.807) is 0 Å². The second kappa shape index (κ2) is 4.09. The Morgan fingerprint density at radius 3 is 2.56 bits per heavy atom. The minimum absolute atomic E-state index is 0.0313. The second-order valence-electron chi connectivity index (χ2n) is 2.00. The fourth-order valence-electron chi connectivity index (χ4n) is 0.792. The van der Waals surface area contributed by atoms with Crippen molar-refractivity contribution < 1.29 is 9.47 Å². The molecule has 0 spiro atoms. The number of alkyl halides is 1. The summed E-state index contributed by atoms with van der Waals surface area (Å²) in [6.07, 6.45) is 1.79. The Balaban J connectivity index is 2.08. The van der Waals surface area contributed by atoms with Gasteiger partial charge in [0.15, 0.2) is 6.29 Å². The van der Waals surface area contributed by atoms with Crippen molar-refractivity contribution in [3.8, 4) is 0 Å². The molecule has 1 heterocycles. The molecule has 0 aromatic rings. The highest BCUT2D eigenvalue weighted by Gasteiger charge is 2.11. The predicted octanol–water partition coefficient (Wildman–Crippen LogP) is 1.38. The van der Waals surface area contributed by atoms with Crippen LogP contribution in [0.15, 0.2) is 0 Å². The highest BCUT2D eigenvalue weighted by Crippen LogP contribution is 2.08. The summed E-state index contributed by atoms with van der Waals surface area (Å²) in [7, 11) is 0. The summed E-state index contributed by atoms with van der Waals surface area (Å²) in [6.45, 7) is 1.64. The topological polar surface area (TPSA) is 18.5 Å². The molecule has 0 aromatic heterocycles. The molecule has 0 bridgehead atoms. The molecule has 0 amide bonds. The standard InChI is InChI=1S/C6H11ClO2/c7-3-2-6-8-4-1-5-9-6/h6H,1-5H2. The zero-order valence-electron chi connectivity index (χ0n) is 5.31. The molecule has 2 nitrogen and oxygen atoms in total. The second-order valence-corrected chi connectivity index (χ2v) is 2.38. The van der Waals surface area contributed by atoms with Gasteiger partial charge in [-0.25, -0.2) is 0 Å². The first kappa shape index (κ1) is 7.32. The van der Waals surface area contributed by atoms with E-state index in [1.807, 2.05) is 0 Å². The number of hydrogen-bond donors (Lipinski definition) is 0. The summed E-state index contributed by atoms with van der Waals surface area (Å²) in [6, 6.07) is 0. The molecule has 54 valence electrons. The number of ether oxygens (including phenoxy) is 2. The Morgan fingerprint density at radius 1 is 1.33 bits per heavy atom. The van der Waals surface area contributed by atoms with Gasteiger partial charge in [0.1, 0.15) is 0 Å². The molecule has 0 aliphatic carbocycles. The highest BCUT2D eigenvalue weighted by atomic mass is 35.5. The van der Waals surface area contributed by atoms with Crippen LogP contribution in [0.25, 0.3) is 0 Å². The van der Waals surface area contributed by atoms with Gasteiger partial charge in [-0.1, -0.05) is 0 Å². The number of rotatable bonds is 2. The molecule has 1 saturated heterocycles. The van der Waals surface area contributed by atoms with Crippen molar-refractivity contribution in [2.45, 2.75) is 19.1 Å². The van der Waals surface area contributed by atoms with Crippen LogP contribution in [-0.4, -0.2) is 25.4 Å². The van der Waals surface area contributed by atoms with E-state index < -0.39 is 0 Å². The van der Waals surface area contributed by atoms with Gasteiger partial charge in [0.2, 0.25) is 0 Å². The van der Waals surface area contributed by atoms with Gasteiger partial charge in [0.25, 0.3) is 0 Å². The molecule has 1 fully saturated rings. The summed E-state index contributed by atoms with van der Waals surface area (Å²) < 4.78 is 10.4. The van der Waals surface area contributed by atoms with Crippen LogP contribution in [0.1, 0.15) is 12.8 Å². The first-order valence-corrected chi connectivity index (χ1v) is 3.76. The van der Waals surface area contributed by atoms with Gasteiger partial charge in [0, 0.05) is 12.3 Å². The van der Waals surface area contributed by atoms with Crippen LogP contribution >= 0.6 is 11.6 Å². The maximum Gasteiger partial charge on any atom is 0.158 e. The van der Waals surface area contributed by atoms with Crippen LogP contribution in [0.5, 0.6) is 0 Å². The fraction of sp³-hybridized carbons (Fsp3) is 1.00. The van der Waals surface area contributed by atoms with Gasteiger partial charge < -0.3 is 9.47 Å². The van der Waals surface area contributed by atoms with Crippen LogP contribution in [0.3, 0.4) is 0 Å². The molecule has 1 aliphatic rings. The zero-order chi connectivity index (χ0) is 6.53. The molecule has 9 heavy (non-hydrogen) atoms. The average Bonchev–Trinajstić information content (AvgIpc) is 1.91. The molecule has 1 rings (SSSR count). The van der Waals surface area contributed by atoms with E-state index in [1.165, 1.54) is 0 Å². The minimum Gasteiger partial charge on any atom is -0.353 e. The van der Waals surface area contributed by atoms with Crippen molar-refractivity contribution >= 4 is 11.6 Å². The first-order valence-electron chi connectivity index (χ1n) is 3.22. The van der Waals surface area contributed by atoms with E-state index in [-0.39, 0.29) is 6.29 Å². The molecule has 0 radical (unpaired) electrons. The molecule has 0 saturated carbocycles. The largest absolute Gasteiger partial charge is 0.353 e. The van der Waals surface area contributed by atoms with Gasteiger partial charge >= 0.3 is 0 Å². The van der Waals surface area contributed by atoms with Crippen LogP contribution in [0.4, 0.5) is 0 Å². The Bertz CT molecular complexity index is 68.7. The van der Waals surface area contributed by atoms with Gasteiger partial charge in [-0.05, 0) is 6.42 Å². The summed E-state index contributed by atoms with van der Waals surface area (Å²) in [5, 5.41) is 0. The van der Waals surface area contributed by atoms with Gasteiger partial charge in [-0.15, -0.1) is 11.6 Å². The Kier molecular flexibility index (Phi) is 3.33. The van der Waals surface area contributed by atoms with Gasteiger partial charge in [-0.2, -0.15) is 0 Å². The lowest BCUT2D eigenvalue weighted by molar-refractivity contribution is -0.178. The van der Waals surface area contributed by atoms with Crippen LogP contribution in [0, 0.1) is 0 Å². The lowest BCUT2D eigenvalue weighted by Gasteiger charge is -2.21. The molecular weight excluding hydrogens is 140 g/mol. The van der Waals surface area contributed by atoms with E-state index in [0.29, 0.717) is 5.88 Å². The third kappa shape index (κ3) is 2.52. The lowest BCUT2D eigenvalue weighted by atomic mass is 10.4. The molecule has 0 aromatic carbocycles. The maximum absolute atomic E-state index is 5.47. The van der Waals surface area contributed by atoms with Crippen molar-refractivity contribution in [2.24, 2.45) is 0 Å². The van der Waals surface area contributed by atoms with Crippen LogP contribution in [0.2, 0.25) is 0 Å². The van der Waals surface area contributed by atoms with E-state index in [9.17, 15) is 0 Å². The lowest BCUT2D eigenvalue weighted by Crippen LogP contribution is -2.24. The Labute approximate surface area is 60.1 Å². The van der Waals surface area contributed by atoms with E-state index in [4.69, 9.17) is 21.1 Å². The van der Waals surface area contributed by atoms with Crippen molar-refractivity contribution in [3.63, 3.8) is 0 Å². The summed E-state index contributed by atoms with van der Waals surface area (Å²) in [4.78, 5) is 0. The van der Waals surface area contributed by atoms with Crippen LogP contribution in [-0.2, 0) is 9.47 Å². The normalized spacial score (nSPS) is 22.3. The molecule has 0 N–H and O–H groups in total. The van der Waals surface area contributed by atoms with Crippen molar-refractivity contribution in [2.75, 3.05) is 19.1 Å². The van der Waals surface area contributed by atoms with E-state index >= 15 is 0 Å². The third-order valence-corrected chi connectivity index (χ3v) is 1.46. The van der Waals surface area contributed by atoms with Crippen molar-refractivity contribution in [1.29, 1.82) is 0 Å². The number of hydrogen-bond acceptors (Lipinski definition) is 2. The fourth-order valence-corrected chi connectivity index (χ4v) is 0.971. The highest BCUT2D eigenvalue weighted by molar-refractivity contribution is 6.17. The number of halogens is 1. The summed E-state index contributed by atoms with van der Waals surface area (Å²) >= 11 is 5.47. The molecule has 3 heteroatoms. The van der Waals surface area contributed by atoms with Crippen LogP contribution < -0.4 is 0 Å². The van der Waals surface area contributed by atoms with Crippen molar-refractivity contribution in [1.82, 2.24) is 0 Å². The average molecular weight is 151 g/mol. The van der Waals surface area contributed by atoms with Gasteiger partial charge in [-0.3, -0.25) is 0 Å². The molecule has 0 unspecified atom stereocenters. The quantitative estimate of drug-likeness (QED) is 0.554. The Morgan fingerprint density at radius 2 is 2.00 bits per heavy atom. The smallest absolute Gasteiger partial charge is 0.158 e. The Hall–Kier alpha value is 0.210. The monoisotopic (exact) mass is 150 g/mol. The molecule has 1 aliphatic heterocycles. The van der Waals surface area contributed by atoms with E-state index in [0.717, 1.165) is 26.1 Å².